The molecule has 8 nitrogen and oxygen atoms in total. The Morgan fingerprint density at radius 2 is 1.83 bits per heavy atom. The van der Waals surface area contributed by atoms with Crippen molar-refractivity contribution >= 4 is 17.4 Å². The molecule has 3 heterocycles. The third-order valence-corrected chi connectivity index (χ3v) is 7.36. The lowest BCUT2D eigenvalue weighted by molar-refractivity contribution is -0.140. The van der Waals surface area contributed by atoms with Gasteiger partial charge in [0.15, 0.2) is 11.5 Å². The van der Waals surface area contributed by atoms with E-state index in [4.69, 9.17) is 18.6 Å². The summed E-state index contributed by atoms with van der Waals surface area (Å²) in [5, 5.41) is 11.5. The first-order valence-electron chi connectivity index (χ1n) is 13.4. The summed E-state index contributed by atoms with van der Waals surface area (Å²) in [7, 11) is 1.53. The number of furan rings is 1. The van der Waals surface area contributed by atoms with Gasteiger partial charge in [0.05, 0.1) is 31.5 Å². The first kappa shape index (κ1) is 26.3. The zero-order valence-electron chi connectivity index (χ0n) is 22.7. The predicted molar refractivity (Wildman–Crippen MR) is 151 cm³/mol. The fourth-order valence-electron chi connectivity index (χ4n) is 5.39. The molecule has 2 aliphatic rings. The van der Waals surface area contributed by atoms with Crippen molar-refractivity contribution in [2.24, 2.45) is 0 Å². The van der Waals surface area contributed by atoms with Gasteiger partial charge in [0.2, 0.25) is 0 Å². The summed E-state index contributed by atoms with van der Waals surface area (Å²) < 4.78 is 23.0. The van der Waals surface area contributed by atoms with Crippen molar-refractivity contribution in [3.05, 3.63) is 119 Å². The Labute approximate surface area is 237 Å². The van der Waals surface area contributed by atoms with Crippen molar-refractivity contribution in [2.75, 3.05) is 7.11 Å². The number of carbonyl (C=O) groups is 2. The highest BCUT2D eigenvalue weighted by molar-refractivity contribution is 6.46. The van der Waals surface area contributed by atoms with Crippen LogP contribution in [0.15, 0.2) is 95.1 Å². The molecule has 0 bridgehead atoms. The van der Waals surface area contributed by atoms with Crippen molar-refractivity contribution in [2.45, 2.75) is 38.6 Å². The molecular weight excluding hydrogens is 522 g/mol. The lowest BCUT2D eigenvalue weighted by Gasteiger charge is -2.25. The van der Waals surface area contributed by atoms with E-state index >= 15 is 0 Å². The summed E-state index contributed by atoms with van der Waals surface area (Å²) >= 11 is 0. The molecule has 4 aromatic rings. The Bertz CT molecular complexity index is 1620. The second kappa shape index (κ2) is 10.9. The van der Waals surface area contributed by atoms with Crippen LogP contribution < -0.4 is 14.2 Å². The molecule has 1 fully saturated rings. The maximum Gasteiger partial charge on any atom is 0.296 e. The second-order valence-corrected chi connectivity index (χ2v) is 10.1. The van der Waals surface area contributed by atoms with Gasteiger partial charge in [-0.1, -0.05) is 36.4 Å². The van der Waals surface area contributed by atoms with Gasteiger partial charge < -0.3 is 28.6 Å². The number of likely N-dealkylation sites (tertiary alicyclic amines) is 1. The quantitative estimate of drug-likeness (QED) is 0.168. The molecular formula is C33H29NO7. The summed E-state index contributed by atoms with van der Waals surface area (Å²) in [4.78, 5) is 28.3. The number of rotatable bonds is 8. The van der Waals surface area contributed by atoms with Crippen molar-refractivity contribution in [3.63, 3.8) is 0 Å². The number of ether oxygens (including phenoxy) is 3. The average molecular weight is 552 g/mol. The lowest BCUT2D eigenvalue weighted by atomic mass is 9.94. The van der Waals surface area contributed by atoms with Crippen LogP contribution in [0.1, 0.15) is 41.0 Å². The van der Waals surface area contributed by atoms with Gasteiger partial charge in [-0.3, -0.25) is 9.59 Å². The molecule has 0 saturated carbocycles. The number of carbonyl (C=O) groups excluding carboxylic acids is 2. The largest absolute Gasteiger partial charge is 0.507 e. The van der Waals surface area contributed by atoms with Gasteiger partial charge in [-0.2, -0.15) is 0 Å². The van der Waals surface area contributed by atoms with E-state index in [2.05, 4.69) is 0 Å². The average Bonchev–Trinajstić information content (AvgIpc) is 3.70. The van der Waals surface area contributed by atoms with Crippen molar-refractivity contribution in [3.8, 4) is 17.2 Å². The number of aliphatic hydroxyl groups excluding tert-OH is 1. The summed E-state index contributed by atoms with van der Waals surface area (Å²) in [6, 6.07) is 22.9. The Morgan fingerprint density at radius 1 is 1.00 bits per heavy atom. The molecule has 2 aliphatic heterocycles. The van der Waals surface area contributed by atoms with Crippen LogP contribution in [0.5, 0.6) is 17.2 Å². The standard InChI is InChI=1S/C33H29NO7/c1-20-15-24-16-23(11-12-26(24)41-20)31(35)29-30(34(33(37)32(29)36)18-25-9-6-14-39-25)22-10-13-27(28(17-22)38-2)40-19-21-7-4-3-5-8-21/h3-14,16-17,20,30,35H,15,18-19H2,1-2H3/t20-,30-/m1/s1. The van der Waals surface area contributed by atoms with Crippen LogP contribution in [0.4, 0.5) is 0 Å². The molecule has 0 spiro atoms. The van der Waals surface area contributed by atoms with Crippen LogP contribution in [0.3, 0.4) is 0 Å². The smallest absolute Gasteiger partial charge is 0.296 e. The minimum Gasteiger partial charge on any atom is -0.507 e. The SMILES string of the molecule is COc1cc([C@@H]2C(=C(O)c3ccc4c(c3)C[C@@H](C)O4)C(=O)C(=O)N2Cc2ccco2)ccc1OCc1ccccc1. The number of Topliss-reactive ketones (excluding diaryl/α,β-unsaturated/α-hetero) is 1. The molecule has 0 aliphatic carbocycles. The van der Waals surface area contributed by atoms with Gasteiger partial charge in [0, 0.05) is 12.0 Å². The number of benzene rings is 3. The van der Waals surface area contributed by atoms with Crippen molar-refractivity contribution in [1.82, 2.24) is 4.90 Å². The van der Waals surface area contributed by atoms with Crippen LogP contribution >= 0.6 is 0 Å². The maximum absolute atomic E-state index is 13.5. The minimum absolute atomic E-state index is 0.00604. The Kier molecular flexibility index (Phi) is 6.97. The molecule has 6 rings (SSSR count). The van der Waals surface area contributed by atoms with Gasteiger partial charge in [-0.25, -0.2) is 0 Å². The lowest BCUT2D eigenvalue weighted by Crippen LogP contribution is -2.29. The summed E-state index contributed by atoms with van der Waals surface area (Å²) in [6.07, 6.45) is 2.22. The highest BCUT2D eigenvalue weighted by Crippen LogP contribution is 2.43. The van der Waals surface area contributed by atoms with Crippen LogP contribution in [-0.4, -0.2) is 34.9 Å². The molecule has 3 aromatic carbocycles. The van der Waals surface area contributed by atoms with Crippen LogP contribution in [0.2, 0.25) is 0 Å². The van der Waals surface area contributed by atoms with Gasteiger partial charge in [-0.05, 0) is 66.1 Å². The van der Waals surface area contributed by atoms with Crippen molar-refractivity contribution < 1.29 is 33.3 Å². The number of methoxy groups -OCH3 is 1. The number of hydrogen-bond acceptors (Lipinski definition) is 7. The van der Waals surface area contributed by atoms with Gasteiger partial charge >= 0.3 is 0 Å². The van der Waals surface area contributed by atoms with E-state index in [0.29, 0.717) is 41.4 Å². The van der Waals surface area contributed by atoms with E-state index in [-0.39, 0.29) is 24.0 Å². The van der Waals surface area contributed by atoms with E-state index in [1.807, 2.05) is 43.3 Å². The van der Waals surface area contributed by atoms with Gasteiger partial charge in [0.25, 0.3) is 11.7 Å². The molecule has 1 saturated heterocycles. The van der Waals surface area contributed by atoms with Crippen LogP contribution in [0, 0.1) is 0 Å². The Balaban J connectivity index is 1.41. The van der Waals surface area contributed by atoms with E-state index in [1.165, 1.54) is 18.3 Å². The highest BCUT2D eigenvalue weighted by Gasteiger charge is 2.46. The molecule has 2 atom stereocenters. The highest BCUT2D eigenvalue weighted by atomic mass is 16.5. The molecule has 1 N–H and O–H groups in total. The number of ketones is 1. The fraction of sp³-hybridized carbons (Fsp3) is 0.212. The molecule has 1 aromatic heterocycles. The normalized spacial score (nSPS) is 19.2. The molecule has 41 heavy (non-hydrogen) atoms. The Morgan fingerprint density at radius 3 is 2.59 bits per heavy atom. The van der Waals surface area contributed by atoms with Crippen molar-refractivity contribution in [1.29, 1.82) is 0 Å². The number of nitrogens with zero attached hydrogens (tertiary/aromatic N) is 1. The van der Waals surface area contributed by atoms with Gasteiger partial charge in [-0.15, -0.1) is 0 Å². The third kappa shape index (κ3) is 5.04. The molecule has 0 unspecified atom stereocenters. The Hall–Kier alpha value is -4.98. The van der Waals surface area contributed by atoms with E-state index in [1.54, 1.807) is 42.5 Å². The summed E-state index contributed by atoms with van der Waals surface area (Å²) in [6.45, 7) is 2.36. The number of hydrogen-bond donors (Lipinski definition) is 1. The minimum atomic E-state index is -0.888. The first-order chi connectivity index (χ1) is 19.9. The molecule has 8 heteroatoms. The van der Waals surface area contributed by atoms with E-state index in [9.17, 15) is 14.7 Å². The second-order valence-electron chi connectivity index (χ2n) is 10.1. The number of amides is 1. The third-order valence-electron chi connectivity index (χ3n) is 7.36. The van der Waals surface area contributed by atoms with E-state index in [0.717, 1.165) is 16.9 Å². The van der Waals surface area contributed by atoms with Crippen LogP contribution in [-0.2, 0) is 29.2 Å². The molecule has 208 valence electrons. The summed E-state index contributed by atoms with van der Waals surface area (Å²) in [5.41, 5.74) is 2.95. The molecule has 0 radical (unpaired) electrons. The maximum atomic E-state index is 13.5. The zero-order valence-corrected chi connectivity index (χ0v) is 22.7. The van der Waals surface area contributed by atoms with Gasteiger partial charge in [0.1, 0.15) is 30.0 Å². The van der Waals surface area contributed by atoms with E-state index < -0.39 is 17.7 Å². The zero-order chi connectivity index (χ0) is 28.5. The van der Waals surface area contributed by atoms with Crippen LogP contribution in [0.25, 0.3) is 5.76 Å². The predicted octanol–water partition coefficient (Wildman–Crippen LogP) is 5.81. The first-order valence-corrected chi connectivity index (χ1v) is 13.4. The number of fused-ring (bicyclic) bond motifs is 1. The summed E-state index contributed by atoms with van der Waals surface area (Å²) in [5.74, 6) is 0.458. The number of aliphatic hydroxyl groups is 1. The topological polar surface area (TPSA) is 98.4 Å². The fourth-order valence-corrected chi connectivity index (χ4v) is 5.39. The molecule has 1 amide bonds. The monoisotopic (exact) mass is 551 g/mol.